The van der Waals surface area contributed by atoms with Crippen LogP contribution in [0.3, 0.4) is 0 Å². The van der Waals surface area contributed by atoms with Gasteiger partial charge in [-0.2, -0.15) is 0 Å². The zero-order chi connectivity index (χ0) is 16.8. The number of rotatable bonds is 7. The fourth-order valence-electron chi connectivity index (χ4n) is 3.61. The molecule has 3 nitrogen and oxygen atoms in total. The molecular formula is C21H25NO2. The first-order chi connectivity index (χ1) is 11.8. The Labute approximate surface area is 143 Å². The number of likely N-dealkylation sites (tertiary alicyclic amines) is 1. The SMILES string of the molecule is O=C(CN1C[C@@H](CCc2ccccc2)[C@@H](CO)C1)c1ccccc1. The number of Topliss-reactive ketones (excluding diaryl/α,β-unsaturated/α-hetero) is 1. The molecular weight excluding hydrogens is 298 g/mol. The summed E-state index contributed by atoms with van der Waals surface area (Å²) in [5, 5.41) is 9.69. The van der Waals surface area contributed by atoms with Crippen molar-refractivity contribution in [3.8, 4) is 0 Å². The van der Waals surface area contributed by atoms with Gasteiger partial charge in [-0.05, 0) is 30.2 Å². The summed E-state index contributed by atoms with van der Waals surface area (Å²) in [7, 11) is 0. The highest BCUT2D eigenvalue weighted by molar-refractivity contribution is 5.97. The third-order valence-corrected chi connectivity index (χ3v) is 5.00. The molecule has 1 heterocycles. The van der Waals surface area contributed by atoms with E-state index in [2.05, 4.69) is 29.2 Å². The van der Waals surface area contributed by atoms with Crippen LogP contribution < -0.4 is 0 Å². The zero-order valence-corrected chi connectivity index (χ0v) is 14.0. The summed E-state index contributed by atoms with van der Waals surface area (Å²) >= 11 is 0. The van der Waals surface area contributed by atoms with Crippen molar-refractivity contribution in [3.63, 3.8) is 0 Å². The maximum absolute atomic E-state index is 12.4. The predicted molar refractivity (Wildman–Crippen MR) is 96.0 cm³/mol. The summed E-state index contributed by atoms with van der Waals surface area (Å²) in [6.45, 7) is 2.36. The van der Waals surface area contributed by atoms with Crippen molar-refractivity contribution in [3.05, 3.63) is 71.8 Å². The van der Waals surface area contributed by atoms with Gasteiger partial charge in [-0.3, -0.25) is 9.69 Å². The highest BCUT2D eigenvalue weighted by atomic mass is 16.3. The summed E-state index contributed by atoms with van der Waals surface area (Å²) in [4.78, 5) is 14.6. The van der Waals surface area contributed by atoms with E-state index in [1.54, 1.807) is 0 Å². The highest BCUT2D eigenvalue weighted by Gasteiger charge is 2.32. The van der Waals surface area contributed by atoms with Crippen LogP contribution in [-0.2, 0) is 6.42 Å². The van der Waals surface area contributed by atoms with Crippen LogP contribution in [0.25, 0.3) is 0 Å². The molecule has 0 aromatic heterocycles. The molecule has 126 valence electrons. The van der Waals surface area contributed by atoms with Gasteiger partial charge in [0.05, 0.1) is 6.54 Å². The number of aliphatic hydroxyl groups is 1. The second-order valence-electron chi connectivity index (χ2n) is 6.71. The van der Waals surface area contributed by atoms with Crippen LogP contribution in [0.4, 0.5) is 0 Å². The minimum Gasteiger partial charge on any atom is -0.396 e. The third kappa shape index (κ3) is 4.31. The lowest BCUT2D eigenvalue weighted by molar-refractivity contribution is 0.0940. The van der Waals surface area contributed by atoms with E-state index in [1.165, 1.54) is 5.56 Å². The van der Waals surface area contributed by atoms with Gasteiger partial charge < -0.3 is 5.11 Å². The molecule has 2 aromatic rings. The Morgan fingerprint density at radius 1 is 0.958 bits per heavy atom. The minimum absolute atomic E-state index is 0.163. The van der Waals surface area contributed by atoms with Crippen LogP contribution in [0.1, 0.15) is 22.3 Å². The maximum Gasteiger partial charge on any atom is 0.176 e. The van der Waals surface area contributed by atoms with Crippen LogP contribution >= 0.6 is 0 Å². The van der Waals surface area contributed by atoms with Gasteiger partial charge in [0.25, 0.3) is 0 Å². The van der Waals surface area contributed by atoms with Crippen LogP contribution in [0.5, 0.6) is 0 Å². The zero-order valence-electron chi connectivity index (χ0n) is 14.0. The predicted octanol–water partition coefficient (Wildman–Crippen LogP) is 3.04. The number of nitrogens with zero attached hydrogens (tertiary/aromatic N) is 1. The van der Waals surface area contributed by atoms with Crippen molar-refractivity contribution in [2.75, 3.05) is 26.2 Å². The average molecular weight is 323 g/mol. The topological polar surface area (TPSA) is 40.5 Å². The van der Waals surface area contributed by atoms with Crippen molar-refractivity contribution in [1.82, 2.24) is 4.90 Å². The van der Waals surface area contributed by atoms with E-state index in [1.807, 2.05) is 36.4 Å². The number of aliphatic hydroxyl groups excluding tert-OH is 1. The highest BCUT2D eigenvalue weighted by Crippen LogP contribution is 2.27. The van der Waals surface area contributed by atoms with Crippen molar-refractivity contribution in [2.24, 2.45) is 11.8 Å². The molecule has 0 radical (unpaired) electrons. The number of benzene rings is 2. The molecule has 24 heavy (non-hydrogen) atoms. The summed E-state index contributed by atoms with van der Waals surface area (Å²) in [5.41, 5.74) is 2.11. The van der Waals surface area contributed by atoms with Crippen molar-refractivity contribution >= 4 is 5.78 Å². The summed E-state index contributed by atoms with van der Waals surface area (Å²) < 4.78 is 0. The fraction of sp³-hybridized carbons (Fsp3) is 0.381. The number of carbonyl (C=O) groups excluding carboxylic acids is 1. The molecule has 2 atom stereocenters. The Hall–Kier alpha value is -1.97. The standard InChI is InChI=1S/C21H25NO2/c23-16-20-14-22(15-21(24)18-9-5-2-6-10-18)13-19(20)12-11-17-7-3-1-4-8-17/h1-10,19-20,23H,11-16H2/t19-,20-/m1/s1. The lowest BCUT2D eigenvalue weighted by Gasteiger charge is -2.16. The van der Waals surface area contributed by atoms with Crippen molar-refractivity contribution in [1.29, 1.82) is 0 Å². The molecule has 2 aromatic carbocycles. The van der Waals surface area contributed by atoms with Crippen LogP contribution in [0, 0.1) is 11.8 Å². The number of hydrogen-bond acceptors (Lipinski definition) is 3. The molecule has 1 saturated heterocycles. The molecule has 3 heteroatoms. The van der Waals surface area contributed by atoms with Crippen molar-refractivity contribution < 1.29 is 9.90 Å². The molecule has 0 amide bonds. The largest absolute Gasteiger partial charge is 0.396 e. The number of ketones is 1. The number of carbonyl (C=O) groups is 1. The van der Waals surface area contributed by atoms with Crippen LogP contribution in [0.15, 0.2) is 60.7 Å². The van der Waals surface area contributed by atoms with E-state index in [-0.39, 0.29) is 18.3 Å². The molecule has 1 fully saturated rings. The molecule has 0 bridgehead atoms. The summed E-state index contributed by atoms with van der Waals surface area (Å²) in [6, 6.07) is 19.9. The molecule has 1 aliphatic rings. The first kappa shape index (κ1) is 16.9. The van der Waals surface area contributed by atoms with E-state index >= 15 is 0 Å². The lowest BCUT2D eigenvalue weighted by Crippen LogP contribution is -2.28. The Morgan fingerprint density at radius 2 is 1.58 bits per heavy atom. The van der Waals surface area contributed by atoms with E-state index < -0.39 is 0 Å². The molecule has 0 saturated carbocycles. The molecule has 3 rings (SSSR count). The number of aryl methyl sites for hydroxylation is 1. The number of hydrogen-bond donors (Lipinski definition) is 1. The summed E-state index contributed by atoms with van der Waals surface area (Å²) in [6.07, 6.45) is 2.09. The maximum atomic E-state index is 12.4. The second-order valence-corrected chi connectivity index (χ2v) is 6.71. The molecule has 0 aliphatic carbocycles. The smallest absolute Gasteiger partial charge is 0.176 e. The molecule has 1 aliphatic heterocycles. The fourth-order valence-corrected chi connectivity index (χ4v) is 3.61. The van der Waals surface area contributed by atoms with Gasteiger partial charge in [0.15, 0.2) is 5.78 Å². The van der Waals surface area contributed by atoms with Gasteiger partial charge in [-0.15, -0.1) is 0 Å². The van der Waals surface area contributed by atoms with Gasteiger partial charge in [0.2, 0.25) is 0 Å². The summed E-state index contributed by atoms with van der Waals surface area (Å²) in [5.74, 6) is 0.895. The van der Waals surface area contributed by atoms with Gasteiger partial charge in [-0.1, -0.05) is 60.7 Å². The van der Waals surface area contributed by atoms with Gasteiger partial charge in [0.1, 0.15) is 0 Å². The monoisotopic (exact) mass is 323 g/mol. The van der Waals surface area contributed by atoms with E-state index in [0.29, 0.717) is 12.5 Å². The van der Waals surface area contributed by atoms with E-state index in [4.69, 9.17) is 0 Å². The molecule has 0 unspecified atom stereocenters. The normalized spacial score (nSPS) is 21.0. The van der Waals surface area contributed by atoms with Crippen LogP contribution in [-0.4, -0.2) is 42.0 Å². The Balaban J connectivity index is 1.55. The third-order valence-electron chi connectivity index (χ3n) is 5.00. The minimum atomic E-state index is 0.163. The van der Waals surface area contributed by atoms with Crippen molar-refractivity contribution in [2.45, 2.75) is 12.8 Å². The quantitative estimate of drug-likeness (QED) is 0.796. The van der Waals surface area contributed by atoms with E-state index in [0.717, 1.165) is 31.5 Å². The van der Waals surface area contributed by atoms with Gasteiger partial charge >= 0.3 is 0 Å². The van der Waals surface area contributed by atoms with Gasteiger partial charge in [-0.25, -0.2) is 0 Å². The average Bonchev–Trinajstić information content (AvgIpc) is 3.03. The first-order valence-electron chi connectivity index (χ1n) is 8.71. The Morgan fingerprint density at radius 3 is 2.25 bits per heavy atom. The molecule has 1 N–H and O–H groups in total. The Kier molecular flexibility index (Phi) is 5.78. The second kappa shape index (κ2) is 8.22. The molecule has 0 spiro atoms. The first-order valence-corrected chi connectivity index (χ1v) is 8.71. The van der Waals surface area contributed by atoms with E-state index in [9.17, 15) is 9.90 Å². The van der Waals surface area contributed by atoms with Gasteiger partial charge in [0, 0.05) is 25.3 Å². The lowest BCUT2D eigenvalue weighted by atomic mass is 9.91. The van der Waals surface area contributed by atoms with Crippen LogP contribution in [0.2, 0.25) is 0 Å². The Bertz CT molecular complexity index is 641.